The first-order valence-electron chi connectivity index (χ1n) is 16.1. The molecule has 3 aromatic carbocycles. The highest BCUT2D eigenvalue weighted by Crippen LogP contribution is 2.27. The summed E-state index contributed by atoms with van der Waals surface area (Å²) in [6.45, 7) is 14.2. The topological polar surface area (TPSA) is 57.2 Å². The number of rotatable bonds is 16. The van der Waals surface area contributed by atoms with Gasteiger partial charge in [0.1, 0.15) is 5.75 Å². The lowest BCUT2D eigenvalue weighted by atomic mass is 10.0. The molecule has 4 rings (SSSR count). The van der Waals surface area contributed by atoms with Crippen LogP contribution in [0.4, 0.5) is 0 Å². The smallest absolute Gasteiger partial charge is 0.162 e. The van der Waals surface area contributed by atoms with Gasteiger partial charge in [0.25, 0.3) is 0 Å². The Morgan fingerprint density at radius 3 is 1.91 bits per heavy atom. The number of unbranched alkanes of at least 4 members (excludes halogenated alkanes) is 1. The second-order valence-corrected chi connectivity index (χ2v) is 18.0. The molecule has 1 N–H and O–H groups in total. The Morgan fingerprint density at radius 2 is 1.37 bits per heavy atom. The molecule has 0 bridgehead atoms. The molecule has 1 fully saturated rings. The Kier molecular flexibility index (Phi) is 12.4. The van der Waals surface area contributed by atoms with Crippen molar-refractivity contribution in [1.29, 1.82) is 0 Å². The van der Waals surface area contributed by atoms with E-state index >= 15 is 0 Å². The van der Waals surface area contributed by atoms with Crippen molar-refractivity contribution in [2.24, 2.45) is 11.8 Å². The van der Waals surface area contributed by atoms with Gasteiger partial charge in [-0.05, 0) is 61.1 Å². The highest BCUT2D eigenvalue weighted by Gasteiger charge is 2.28. The number of hydrogen-bond donors (Lipinski definition) is 1. The summed E-state index contributed by atoms with van der Waals surface area (Å²) in [5.74, 6) is 0.703. The first kappa shape index (κ1) is 33.4. The summed E-state index contributed by atoms with van der Waals surface area (Å²) in [5, 5.41) is 11.3. The average molecular weight is 605 g/mol. The SMILES string of the molecule is CCCC[Si](C)(C)c1ccc(-c2ccc(-c3ccc(OCCCC(CO)COCC4COC(C)(C)OC4)cc3)cc2)cc1. The summed E-state index contributed by atoms with van der Waals surface area (Å²) in [7, 11) is -1.35. The van der Waals surface area contributed by atoms with Gasteiger partial charge in [0.2, 0.25) is 0 Å². The van der Waals surface area contributed by atoms with E-state index < -0.39 is 13.9 Å². The number of aliphatic hydroxyl groups excluding tert-OH is 1. The lowest BCUT2D eigenvalue weighted by molar-refractivity contribution is -0.266. The normalized spacial score (nSPS) is 16.2. The van der Waals surface area contributed by atoms with Crippen molar-refractivity contribution in [3.05, 3.63) is 72.8 Å². The molecule has 43 heavy (non-hydrogen) atoms. The van der Waals surface area contributed by atoms with Crippen molar-refractivity contribution < 1.29 is 24.1 Å². The third kappa shape index (κ3) is 10.3. The van der Waals surface area contributed by atoms with Crippen LogP contribution in [0.3, 0.4) is 0 Å². The highest BCUT2D eigenvalue weighted by atomic mass is 28.3. The van der Waals surface area contributed by atoms with E-state index in [0.717, 1.165) is 18.6 Å². The van der Waals surface area contributed by atoms with Crippen molar-refractivity contribution in [2.75, 3.05) is 39.6 Å². The molecule has 1 unspecified atom stereocenters. The van der Waals surface area contributed by atoms with E-state index in [1.165, 1.54) is 41.1 Å². The molecule has 6 heteroatoms. The summed E-state index contributed by atoms with van der Waals surface area (Å²) in [6, 6.07) is 27.8. The van der Waals surface area contributed by atoms with Crippen molar-refractivity contribution >= 4 is 13.3 Å². The monoisotopic (exact) mass is 604 g/mol. The zero-order valence-corrected chi connectivity index (χ0v) is 27.9. The molecule has 234 valence electrons. The van der Waals surface area contributed by atoms with Crippen molar-refractivity contribution in [2.45, 2.75) is 71.4 Å². The van der Waals surface area contributed by atoms with Crippen LogP contribution in [0.25, 0.3) is 22.3 Å². The second kappa shape index (κ2) is 16.0. The molecule has 0 aliphatic carbocycles. The fourth-order valence-electron chi connectivity index (χ4n) is 5.49. The minimum atomic E-state index is -1.35. The molecule has 1 saturated heterocycles. The van der Waals surface area contributed by atoms with Crippen LogP contribution >= 0.6 is 0 Å². The van der Waals surface area contributed by atoms with E-state index in [1.807, 2.05) is 26.0 Å². The van der Waals surface area contributed by atoms with Gasteiger partial charge in [-0.2, -0.15) is 0 Å². The predicted molar refractivity (Wildman–Crippen MR) is 180 cm³/mol. The quantitative estimate of drug-likeness (QED) is 0.133. The van der Waals surface area contributed by atoms with Gasteiger partial charge in [0.05, 0.1) is 41.1 Å². The van der Waals surface area contributed by atoms with Gasteiger partial charge in [-0.15, -0.1) is 0 Å². The summed E-state index contributed by atoms with van der Waals surface area (Å²) < 4.78 is 23.2. The van der Waals surface area contributed by atoms with Gasteiger partial charge in [0.15, 0.2) is 5.79 Å². The Bertz CT molecular complexity index is 1210. The minimum absolute atomic E-state index is 0.105. The van der Waals surface area contributed by atoms with Gasteiger partial charge in [0, 0.05) is 18.4 Å². The van der Waals surface area contributed by atoms with Crippen LogP contribution in [0.5, 0.6) is 5.75 Å². The molecule has 0 spiro atoms. The maximum absolute atomic E-state index is 9.77. The predicted octanol–water partition coefficient (Wildman–Crippen LogP) is 7.92. The zero-order valence-electron chi connectivity index (χ0n) is 26.9. The molecule has 1 aliphatic heterocycles. The van der Waals surface area contributed by atoms with Gasteiger partial charge < -0.3 is 24.1 Å². The van der Waals surface area contributed by atoms with Gasteiger partial charge in [-0.3, -0.25) is 0 Å². The van der Waals surface area contributed by atoms with E-state index in [4.69, 9.17) is 18.9 Å². The molecule has 0 amide bonds. The van der Waals surface area contributed by atoms with Crippen LogP contribution < -0.4 is 9.92 Å². The first-order valence-corrected chi connectivity index (χ1v) is 19.3. The molecule has 1 atom stereocenters. The largest absolute Gasteiger partial charge is 0.494 e. The van der Waals surface area contributed by atoms with E-state index in [2.05, 4.69) is 80.7 Å². The standard InChI is InChI=1S/C37H52O5Si/c1-6-7-23-43(4,5)36-20-16-34(17-21-36)32-12-10-31(11-13-32)33-14-18-35(19-15-33)40-22-8-9-29(24-38)25-39-26-30-27-41-37(2,3)42-28-30/h10-21,29-30,38H,6-9,22-28H2,1-5H3. The average Bonchev–Trinajstić information content (AvgIpc) is 3.02. The van der Waals surface area contributed by atoms with E-state index in [1.54, 1.807) is 5.19 Å². The fourth-order valence-corrected chi connectivity index (χ4v) is 8.08. The third-order valence-corrected chi connectivity index (χ3v) is 12.1. The van der Waals surface area contributed by atoms with Crippen LogP contribution in [-0.4, -0.2) is 58.6 Å². The second-order valence-electron chi connectivity index (χ2n) is 13.1. The Balaban J connectivity index is 1.19. The Morgan fingerprint density at radius 1 is 0.837 bits per heavy atom. The molecular formula is C37H52O5Si. The number of hydrogen-bond acceptors (Lipinski definition) is 5. The van der Waals surface area contributed by atoms with Crippen LogP contribution in [0, 0.1) is 11.8 Å². The first-order chi connectivity index (χ1) is 20.7. The molecule has 0 radical (unpaired) electrons. The lowest BCUT2D eigenvalue weighted by Crippen LogP contribution is -2.41. The molecule has 0 aromatic heterocycles. The maximum atomic E-state index is 9.77. The van der Waals surface area contributed by atoms with Crippen molar-refractivity contribution in [3.8, 4) is 28.0 Å². The summed E-state index contributed by atoms with van der Waals surface area (Å²) in [5.41, 5.74) is 4.89. The molecule has 0 saturated carbocycles. The van der Waals surface area contributed by atoms with Crippen LogP contribution in [0.2, 0.25) is 19.1 Å². The maximum Gasteiger partial charge on any atom is 0.162 e. The van der Waals surface area contributed by atoms with E-state index in [-0.39, 0.29) is 18.4 Å². The van der Waals surface area contributed by atoms with Crippen molar-refractivity contribution in [3.63, 3.8) is 0 Å². The number of benzene rings is 3. The highest BCUT2D eigenvalue weighted by molar-refractivity contribution is 6.89. The Hall–Kier alpha value is -2.48. The molecule has 3 aromatic rings. The Labute approximate surface area is 260 Å². The molecule has 5 nitrogen and oxygen atoms in total. The third-order valence-electron chi connectivity index (χ3n) is 8.55. The van der Waals surface area contributed by atoms with Crippen molar-refractivity contribution in [1.82, 2.24) is 0 Å². The summed E-state index contributed by atoms with van der Waals surface area (Å²) in [6.07, 6.45) is 4.31. The van der Waals surface area contributed by atoms with Crippen LogP contribution in [-0.2, 0) is 14.2 Å². The molecule has 1 heterocycles. The lowest BCUT2D eigenvalue weighted by Gasteiger charge is -2.34. The van der Waals surface area contributed by atoms with E-state index in [9.17, 15) is 5.11 Å². The number of aliphatic hydroxyl groups is 1. The van der Waals surface area contributed by atoms with E-state index in [0.29, 0.717) is 33.0 Å². The zero-order chi connectivity index (χ0) is 30.7. The molecule has 1 aliphatic rings. The van der Waals surface area contributed by atoms with Gasteiger partial charge in [-0.25, -0.2) is 0 Å². The van der Waals surface area contributed by atoms with Gasteiger partial charge >= 0.3 is 0 Å². The summed E-state index contributed by atoms with van der Waals surface area (Å²) >= 11 is 0. The number of ether oxygens (including phenoxy) is 4. The van der Waals surface area contributed by atoms with Gasteiger partial charge in [-0.1, -0.05) is 105 Å². The van der Waals surface area contributed by atoms with Crippen LogP contribution in [0.15, 0.2) is 72.8 Å². The molecular weight excluding hydrogens is 552 g/mol. The minimum Gasteiger partial charge on any atom is -0.494 e. The summed E-state index contributed by atoms with van der Waals surface area (Å²) in [4.78, 5) is 0. The fraction of sp³-hybridized carbons (Fsp3) is 0.514. The van der Waals surface area contributed by atoms with Crippen LogP contribution in [0.1, 0.15) is 46.5 Å².